The van der Waals surface area contributed by atoms with Crippen molar-refractivity contribution in [1.29, 1.82) is 0 Å². The third kappa shape index (κ3) is 3.26. The molecule has 4 aromatic rings. The van der Waals surface area contributed by atoms with Gasteiger partial charge < -0.3 is 14.1 Å². The standard InChI is InChI=1S/C24H23NP/c1-17(21-13-11-19-7-3-5-9-23(19)15-21)25(26)18(2)22-14-12-20-8-4-6-10-24(20)16-22/h3-18,26H,1-2H3/q-1/t17-,18-/m0/s1. The molecule has 0 unspecified atom stereocenters. The lowest BCUT2D eigenvalue weighted by atomic mass is 9.99. The van der Waals surface area contributed by atoms with Gasteiger partial charge in [0.2, 0.25) is 0 Å². The summed E-state index contributed by atoms with van der Waals surface area (Å²) in [6, 6.07) is 31.0. The SMILES string of the molecule is C[C@@H](c1ccc2ccccc2c1)N([PH-])[C@@H](C)c1ccc2ccccc2c1. The van der Waals surface area contributed by atoms with Crippen LogP contribution in [0.1, 0.15) is 37.1 Å². The molecule has 0 spiro atoms. The molecule has 2 atom stereocenters. The van der Waals surface area contributed by atoms with Crippen LogP contribution in [0, 0.1) is 0 Å². The van der Waals surface area contributed by atoms with Crippen LogP contribution in [0.3, 0.4) is 0 Å². The van der Waals surface area contributed by atoms with Crippen molar-refractivity contribution >= 4 is 30.9 Å². The first-order valence-electron chi connectivity index (χ1n) is 9.10. The van der Waals surface area contributed by atoms with Gasteiger partial charge in [0, 0.05) is 12.1 Å². The molecule has 0 aromatic heterocycles. The van der Waals surface area contributed by atoms with E-state index in [1.165, 1.54) is 32.7 Å². The fraction of sp³-hybridized carbons (Fsp3) is 0.167. The summed E-state index contributed by atoms with van der Waals surface area (Å²) < 4.78 is 2.26. The zero-order valence-electron chi connectivity index (χ0n) is 15.2. The molecule has 0 saturated carbocycles. The van der Waals surface area contributed by atoms with E-state index in [9.17, 15) is 0 Å². The minimum absolute atomic E-state index is 0.262. The smallest absolute Gasteiger partial charge is 0.00549 e. The third-order valence-electron chi connectivity index (χ3n) is 5.35. The van der Waals surface area contributed by atoms with E-state index in [4.69, 9.17) is 0 Å². The number of hydrogen-bond acceptors (Lipinski definition) is 1. The maximum Gasteiger partial charge on any atom is 0.00549 e. The fourth-order valence-corrected chi connectivity index (χ4v) is 3.89. The average Bonchev–Trinajstić information content (AvgIpc) is 2.71. The number of nitrogens with zero attached hydrogens (tertiary/aromatic N) is 1. The Morgan fingerprint density at radius 2 is 0.962 bits per heavy atom. The average molecular weight is 356 g/mol. The highest BCUT2D eigenvalue weighted by Crippen LogP contribution is 2.35. The van der Waals surface area contributed by atoms with E-state index < -0.39 is 0 Å². The Kier molecular flexibility index (Phi) is 4.76. The monoisotopic (exact) mass is 356 g/mol. The number of fused-ring (bicyclic) bond motifs is 2. The fourth-order valence-electron chi connectivity index (χ4n) is 3.59. The lowest BCUT2D eigenvalue weighted by Crippen LogP contribution is -2.20. The summed E-state index contributed by atoms with van der Waals surface area (Å²) in [5, 5.41) is 5.14. The first kappa shape index (κ1) is 17.2. The minimum atomic E-state index is 0.262. The van der Waals surface area contributed by atoms with Crippen molar-refractivity contribution in [2.24, 2.45) is 0 Å². The van der Waals surface area contributed by atoms with Gasteiger partial charge in [0.1, 0.15) is 0 Å². The first-order chi connectivity index (χ1) is 12.6. The Hall–Kier alpha value is -2.21. The van der Waals surface area contributed by atoms with Gasteiger partial charge in [-0.2, -0.15) is 0 Å². The van der Waals surface area contributed by atoms with Crippen molar-refractivity contribution in [3.63, 3.8) is 0 Å². The molecule has 0 fully saturated rings. The Morgan fingerprint density at radius 3 is 1.38 bits per heavy atom. The van der Waals surface area contributed by atoms with Crippen molar-refractivity contribution in [3.05, 3.63) is 96.1 Å². The molecule has 26 heavy (non-hydrogen) atoms. The van der Waals surface area contributed by atoms with Gasteiger partial charge in [0.15, 0.2) is 0 Å². The Balaban J connectivity index is 1.62. The molecule has 4 aromatic carbocycles. The lowest BCUT2D eigenvalue weighted by molar-refractivity contribution is 0.310. The van der Waals surface area contributed by atoms with E-state index in [1.54, 1.807) is 0 Å². The second-order valence-corrected chi connectivity index (χ2v) is 7.49. The lowest BCUT2D eigenvalue weighted by Gasteiger charge is -2.40. The van der Waals surface area contributed by atoms with Crippen LogP contribution in [-0.2, 0) is 0 Å². The molecule has 0 heterocycles. The van der Waals surface area contributed by atoms with Crippen molar-refractivity contribution in [3.8, 4) is 0 Å². The molecule has 0 radical (unpaired) electrons. The first-order valence-corrected chi connectivity index (χ1v) is 9.55. The molecule has 0 aliphatic carbocycles. The van der Waals surface area contributed by atoms with Gasteiger partial charge >= 0.3 is 0 Å². The molecular formula is C24H23NP-. The van der Waals surface area contributed by atoms with Gasteiger partial charge in [-0.3, -0.25) is 0 Å². The van der Waals surface area contributed by atoms with Crippen molar-refractivity contribution in [2.45, 2.75) is 25.9 Å². The second kappa shape index (κ2) is 7.19. The summed E-state index contributed by atoms with van der Waals surface area (Å²) >= 11 is 0. The van der Waals surface area contributed by atoms with Crippen LogP contribution in [-0.4, -0.2) is 4.67 Å². The van der Waals surface area contributed by atoms with Gasteiger partial charge in [-0.25, -0.2) is 0 Å². The summed E-state index contributed by atoms with van der Waals surface area (Å²) in [7, 11) is 3.90. The third-order valence-corrected chi connectivity index (χ3v) is 6.12. The normalized spacial score (nSPS) is 14.0. The molecule has 0 aliphatic rings. The Labute approximate surface area is 157 Å². The number of benzene rings is 4. The molecule has 130 valence electrons. The maximum absolute atomic E-state index is 3.90. The highest BCUT2D eigenvalue weighted by atomic mass is 31.0. The zero-order valence-corrected chi connectivity index (χ0v) is 16.2. The van der Waals surface area contributed by atoms with Gasteiger partial charge in [-0.05, 0) is 58.7 Å². The summed E-state index contributed by atoms with van der Waals surface area (Å²) in [6.07, 6.45) is 0. The van der Waals surface area contributed by atoms with E-state index in [2.05, 4.69) is 113 Å². The van der Waals surface area contributed by atoms with E-state index in [1.807, 2.05) is 0 Å². The number of rotatable bonds is 4. The van der Waals surface area contributed by atoms with E-state index in [0.717, 1.165) is 0 Å². The van der Waals surface area contributed by atoms with Crippen LogP contribution in [0.15, 0.2) is 84.9 Å². The highest BCUT2D eigenvalue weighted by molar-refractivity contribution is 7.13. The predicted octanol–water partition coefficient (Wildman–Crippen LogP) is 7.18. The molecular weight excluding hydrogens is 333 g/mol. The van der Waals surface area contributed by atoms with Gasteiger partial charge in [-0.15, -0.1) is 0 Å². The molecule has 0 N–H and O–H groups in total. The summed E-state index contributed by atoms with van der Waals surface area (Å²) in [5.41, 5.74) is 2.62. The second-order valence-electron chi connectivity index (χ2n) is 6.97. The van der Waals surface area contributed by atoms with Crippen molar-refractivity contribution in [1.82, 2.24) is 4.67 Å². The topological polar surface area (TPSA) is 3.24 Å². The maximum atomic E-state index is 3.90. The van der Waals surface area contributed by atoms with Gasteiger partial charge in [-0.1, -0.05) is 72.8 Å². The zero-order chi connectivity index (χ0) is 18.1. The van der Waals surface area contributed by atoms with Crippen LogP contribution in [0.4, 0.5) is 0 Å². The molecule has 2 heteroatoms. The summed E-state index contributed by atoms with van der Waals surface area (Å²) in [6.45, 7) is 4.49. The van der Waals surface area contributed by atoms with E-state index >= 15 is 0 Å². The summed E-state index contributed by atoms with van der Waals surface area (Å²) in [5.74, 6) is 0. The number of hydrogen-bond donors (Lipinski definition) is 0. The summed E-state index contributed by atoms with van der Waals surface area (Å²) in [4.78, 5) is 0. The van der Waals surface area contributed by atoms with Crippen LogP contribution in [0.2, 0.25) is 0 Å². The Morgan fingerprint density at radius 1 is 0.577 bits per heavy atom. The van der Waals surface area contributed by atoms with E-state index in [0.29, 0.717) is 0 Å². The quantitative estimate of drug-likeness (QED) is 0.350. The van der Waals surface area contributed by atoms with Gasteiger partial charge in [0.25, 0.3) is 0 Å². The van der Waals surface area contributed by atoms with Crippen LogP contribution < -0.4 is 0 Å². The van der Waals surface area contributed by atoms with Crippen LogP contribution >= 0.6 is 9.39 Å². The van der Waals surface area contributed by atoms with Gasteiger partial charge in [0.05, 0.1) is 0 Å². The van der Waals surface area contributed by atoms with Crippen molar-refractivity contribution < 1.29 is 0 Å². The molecule has 0 saturated heterocycles. The molecule has 0 bridgehead atoms. The largest absolute Gasteiger partial charge is 0.476 e. The molecule has 1 nitrogen and oxygen atoms in total. The van der Waals surface area contributed by atoms with Crippen molar-refractivity contribution in [2.75, 3.05) is 0 Å². The van der Waals surface area contributed by atoms with Crippen LogP contribution in [0.5, 0.6) is 0 Å². The predicted molar refractivity (Wildman–Crippen MR) is 115 cm³/mol. The molecule has 0 amide bonds. The highest BCUT2D eigenvalue weighted by Gasteiger charge is 2.14. The van der Waals surface area contributed by atoms with E-state index in [-0.39, 0.29) is 12.1 Å². The minimum Gasteiger partial charge on any atom is -0.476 e. The molecule has 0 aliphatic heterocycles. The molecule has 4 rings (SSSR count). The Bertz CT molecular complexity index is 971. The van der Waals surface area contributed by atoms with Crippen LogP contribution in [0.25, 0.3) is 21.5 Å².